The highest BCUT2D eigenvalue weighted by Crippen LogP contribution is 2.33. The number of carbonyl (C=O) groups is 1. The van der Waals surface area contributed by atoms with Crippen LogP contribution in [0, 0.1) is 13.8 Å². The lowest BCUT2D eigenvalue weighted by Crippen LogP contribution is -2.11. The molecule has 0 saturated heterocycles. The molecule has 0 unspecified atom stereocenters. The Labute approximate surface area is 160 Å². The van der Waals surface area contributed by atoms with Crippen molar-refractivity contribution in [2.24, 2.45) is 0 Å². The summed E-state index contributed by atoms with van der Waals surface area (Å²) in [6.07, 6.45) is 0. The van der Waals surface area contributed by atoms with Crippen LogP contribution in [0.5, 0.6) is 0 Å². The SMILES string of the molecule is Cc1ccc(-c2ccc(C(=O)Nc3cc(Cl)c(Cl)cc3Cl)o2)cc1C. The Morgan fingerprint density at radius 3 is 2.32 bits per heavy atom. The van der Waals surface area contributed by atoms with Gasteiger partial charge in [-0.25, -0.2) is 0 Å². The van der Waals surface area contributed by atoms with Gasteiger partial charge in [0.25, 0.3) is 5.91 Å². The molecule has 0 aliphatic carbocycles. The van der Waals surface area contributed by atoms with Gasteiger partial charge in [-0.05, 0) is 55.3 Å². The summed E-state index contributed by atoms with van der Waals surface area (Å²) >= 11 is 17.9. The Morgan fingerprint density at radius 1 is 0.880 bits per heavy atom. The van der Waals surface area contributed by atoms with Crippen LogP contribution in [-0.4, -0.2) is 5.91 Å². The Kier molecular flexibility index (Phi) is 5.09. The molecule has 128 valence electrons. The predicted octanol–water partition coefficient (Wildman–Crippen LogP) is 6.78. The molecule has 0 atom stereocenters. The van der Waals surface area contributed by atoms with Crippen molar-refractivity contribution in [3.63, 3.8) is 0 Å². The summed E-state index contributed by atoms with van der Waals surface area (Å²) in [5, 5.41) is 3.59. The number of halogens is 3. The second-order valence-corrected chi connectivity index (χ2v) is 6.88. The zero-order chi connectivity index (χ0) is 18.1. The van der Waals surface area contributed by atoms with Crippen LogP contribution in [0.2, 0.25) is 15.1 Å². The molecule has 0 bridgehead atoms. The lowest BCUT2D eigenvalue weighted by atomic mass is 10.1. The molecule has 0 saturated carbocycles. The smallest absolute Gasteiger partial charge is 0.291 e. The number of furan rings is 1. The molecule has 1 amide bonds. The van der Waals surface area contributed by atoms with Crippen molar-refractivity contribution in [3.05, 3.63) is 74.4 Å². The fraction of sp³-hybridized carbons (Fsp3) is 0.105. The van der Waals surface area contributed by atoms with Crippen LogP contribution in [0.25, 0.3) is 11.3 Å². The quantitative estimate of drug-likeness (QED) is 0.498. The Morgan fingerprint density at radius 2 is 1.60 bits per heavy atom. The van der Waals surface area contributed by atoms with E-state index in [1.54, 1.807) is 12.1 Å². The average Bonchev–Trinajstić information content (AvgIpc) is 3.05. The molecule has 3 aromatic rings. The first kappa shape index (κ1) is 17.9. The summed E-state index contributed by atoms with van der Waals surface area (Å²) in [4.78, 5) is 12.4. The molecule has 3 rings (SSSR count). The number of benzene rings is 2. The molecule has 0 radical (unpaired) electrons. The van der Waals surface area contributed by atoms with Gasteiger partial charge in [0.15, 0.2) is 5.76 Å². The molecule has 3 nitrogen and oxygen atoms in total. The van der Waals surface area contributed by atoms with Crippen LogP contribution >= 0.6 is 34.8 Å². The van der Waals surface area contributed by atoms with Crippen LogP contribution in [0.1, 0.15) is 21.7 Å². The van der Waals surface area contributed by atoms with Crippen molar-refractivity contribution in [2.75, 3.05) is 5.32 Å². The Balaban J connectivity index is 1.83. The molecule has 0 spiro atoms. The third-order valence-electron chi connectivity index (χ3n) is 3.88. The van der Waals surface area contributed by atoms with E-state index in [1.165, 1.54) is 17.7 Å². The highest BCUT2D eigenvalue weighted by atomic mass is 35.5. The van der Waals surface area contributed by atoms with Crippen molar-refractivity contribution in [1.82, 2.24) is 0 Å². The van der Waals surface area contributed by atoms with Gasteiger partial charge in [0, 0.05) is 5.56 Å². The molecule has 1 N–H and O–H groups in total. The maximum absolute atomic E-state index is 12.4. The van der Waals surface area contributed by atoms with E-state index in [0.717, 1.165) is 11.1 Å². The minimum Gasteiger partial charge on any atom is -0.451 e. The number of hydrogen-bond acceptors (Lipinski definition) is 2. The lowest BCUT2D eigenvalue weighted by Gasteiger charge is -2.07. The summed E-state index contributed by atoms with van der Waals surface area (Å²) in [5.41, 5.74) is 3.63. The number of nitrogens with one attached hydrogen (secondary N) is 1. The summed E-state index contributed by atoms with van der Waals surface area (Å²) in [5.74, 6) is 0.374. The van der Waals surface area contributed by atoms with Gasteiger partial charge in [-0.2, -0.15) is 0 Å². The van der Waals surface area contributed by atoms with E-state index in [2.05, 4.69) is 5.32 Å². The fourth-order valence-electron chi connectivity index (χ4n) is 2.31. The highest BCUT2D eigenvalue weighted by molar-refractivity contribution is 6.44. The third kappa shape index (κ3) is 3.84. The molecule has 1 heterocycles. The van der Waals surface area contributed by atoms with Crippen LogP contribution < -0.4 is 5.32 Å². The van der Waals surface area contributed by atoms with E-state index in [-0.39, 0.29) is 5.76 Å². The number of aryl methyl sites for hydroxylation is 2. The molecular formula is C19H14Cl3NO2. The summed E-state index contributed by atoms with van der Waals surface area (Å²) in [6, 6.07) is 12.3. The first-order valence-electron chi connectivity index (χ1n) is 7.48. The molecule has 1 aromatic heterocycles. The van der Waals surface area contributed by atoms with Gasteiger partial charge >= 0.3 is 0 Å². The van der Waals surface area contributed by atoms with Crippen LogP contribution in [0.3, 0.4) is 0 Å². The van der Waals surface area contributed by atoms with Gasteiger partial charge in [-0.1, -0.05) is 46.9 Å². The minimum absolute atomic E-state index is 0.176. The second-order valence-electron chi connectivity index (χ2n) is 5.66. The highest BCUT2D eigenvalue weighted by Gasteiger charge is 2.15. The van der Waals surface area contributed by atoms with E-state index in [0.29, 0.717) is 26.5 Å². The minimum atomic E-state index is -0.421. The normalized spacial score (nSPS) is 10.8. The monoisotopic (exact) mass is 393 g/mol. The zero-order valence-corrected chi connectivity index (χ0v) is 15.8. The third-order valence-corrected chi connectivity index (χ3v) is 4.91. The summed E-state index contributed by atoms with van der Waals surface area (Å²) in [7, 11) is 0. The maximum atomic E-state index is 12.4. The van der Waals surface area contributed by atoms with Gasteiger partial charge in [-0.3, -0.25) is 4.79 Å². The zero-order valence-electron chi connectivity index (χ0n) is 13.5. The molecule has 2 aromatic carbocycles. The first-order valence-corrected chi connectivity index (χ1v) is 8.62. The molecule has 6 heteroatoms. The number of carbonyl (C=O) groups excluding carboxylic acids is 1. The summed E-state index contributed by atoms with van der Waals surface area (Å²) in [6.45, 7) is 4.07. The van der Waals surface area contributed by atoms with Gasteiger partial charge < -0.3 is 9.73 Å². The standard InChI is InChI=1S/C19H14Cl3NO2/c1-10-3-4-12(7-11(10)2)17-5-6-18(25-17)19(24)23-16-9-14(21)13(20)8-15(16)22/h3-9H,1-2H3,(H,23,24). The number of anilines is 1. The van der Waals surface area contributed by atoms with Crippen molar-refractivity contribution in [2.45, 2.75) is 13.8 Å². The van der Waals surface area contributed by atoms with E-state index in [9.17, 15) is 4.79 Å². The molecule has 25 heavy (non-hydrogen) atoms. The van der Waals surface area contributed by atoms with Crippen LogP contribution in [0.15, 0.2) is 46.9 Å². The van der Waals surface area contributed by atoms with E-state index >= 15 is 0 Å². The predicted molar refractivity (Wildman–Crippen MR) is 103 cm³/mol. The molecule has 0 aliphatic heterocycles. The lowest BCUT2D eigenvalue weighted by molar-refractivity contribution is 0.0997. The molecular weight excluding hydrogens is 381 g/mol. The Bertz CT molecular complexity index is 963. The van der Waals surface area contributed by atoms with Gasteiger partial charge in [0.05, 0.1) is 20.8 Å². The van der Waals surface area contributed by atoms with E-state index in [1.807, 2.05) is 32.0 Å². The van der Waals surface area contributed by atoms with Crippen molar-refractivity contribution in [3.8, 4) is 11.3 Å². The molecule has 0 fully saturated rings. The number of amides is 1. The van der Waals surface area contributed by atoms with E-state index in [4.69, 9.17) is 39.2 Å². The van der Waals surface area contributed by atoms with Crippen molar-refractivity contribution in [1.29, 1.82) is 0 Å². The van der Waals surface area contributed by atoms with Crippen LogP contribution in [-0.2, 0) is 0 Å². The van der Waals surface area contributed by atoms with Gasteiger partial charge in [-0.15, -0.1) is 0 Å². The van der Waals surface area contributed by atoms with E-state index < -0.39 is 5.91 Å². The topological polar surface area (TPSA) is 42.2 Å². The maximum Gasteiger partial charge on any atom is 0.291 e. The largest absolute Gasteiger partial charge is 0.451 e. The van der Waals surface area contributed by atoms with Gasteiger partial charge in [0.2, 0.25) is 0 Å². The fourth-order valence-corrected chi connectivity index (χ4v) is 2.91. The summed E-state index contributed by atoms with van der Waals surface area (Å²) < 4.78 is 5.68. The van der Waals surface area contributed by atoms with Crippen molar-refractivity contribution >= 4 is 46.4 Å². The molecule has 0 aliphatic rings. The number of rotatable bonds is 3. The average molecular weight is 395 g/mol. The first-order chi connectivity index (χ1) is 11.8. The van der Waals surface area contributed by atoms with Crippen LogP contribution in [0.4, 0.5) is 5.69 Å². The number of hydrogen-bond donors (Lipinski definition) is 1. The second kappa shape index (κ2) is 7.12. The van der Waals surface area contributed by atoms with Gasteiger partial charge in [0.1, 0.15) is 5.76 Å². The Hall–Kier alpha value is -1.94. The van der Waals surface area contributed by atoms with Crippen molar-refractivity contribution < 1.29 is 9.21 Å².